The van der Waals surface area contributed by atoms with E-state index in [0.717, 1.165) is 16.8 Å². The number of aliphatic hydroxyl groups excluding tert-OH is 1. The summed E-state index contributed by atoms with van der Waals surface area (Å²) in [6, 6.07) is 13.9. The fraction of sp³-hybridized carbons (Fsp3) is 0.294. The molecule has 0 unspecified atom stereocenters. The zero-order chi connectivity index (χ0) is 15.1. The topological polar surface area (TPSA) is 60.1 Å². The Kier molecular flexibility index (Phi) is 5.30. The van der Waals surface area contributed by atoms with Gasteiger partial charge >= 0.3 is 0 Å². The highest BCUT2D eigenvalue weighted by atomic mass is 16.3. The smallest absolute Gasteiger partial charge is 0.0781 e. The minimum Gasteiger partial charge on any atom is -0.389 e. The molecule has 1 N–H and O–H groups in total. The third-order valence-electron chi connectivity index (χ3n) is 3.32. The average Bonchev–Trinajstić information content (AvgIpc) is 2.52. The lowest BCUT2D eigenvalue weighted by Gasteiger charge is -2.27. The summed E-state index contributed by atoms with van der Waals surface area (Å²) in [5.74, 6) is 0. The average molecular weight is 281 g/mol. The van der Waals surface area contributed by atoms with Crippen molar-refractivity contribution in [1.29, 1.82) is 5.26 Å². The fourth-order valence-electron chi connectivity index (χ4n) is 2.31. The van der Waals surface area contributed by atoms with Crippen molar-refractivity contribution in [3.8, 4) is 6.07 Å². The maximum Gasteiger partial charge on any atom is 0.0781 e. The van der Waals surface area contributed by atoms with Crippen LogP contribution in [0.5, 0.6) is 0 Å². The van der Waals surface area contributed by atoms with E-state index >= 15 is 0 Å². The molecule has 0 radical (unpaired) electrons. The molecular weight excluding hydrogens is 262 g/mol. The van der Waals surface area contributed by atoms with Gasteiger partial charge in [-0.1, -0.05) is 24.3 Å². The van der Waals surface area contributed by atoms with Crippen molar-refractivity contribution in [2.24, 2.45) is 0 Å². The molecule has 0 bridgehead atoms. The van der Waals surface area contributed by atoms with Crippen LogP contribution in [0, 0.1) is 11.3 Å². The van der Waals surface area contributed by atoms with Crippen LogP contribution in [0.3, 0.4) is 0 Å². The van der Waals surface area contributed by atoms with Crippen molar-refractivity contribution < 1.29 is 5.11 Å². The van der Waals surface area contributed by atoms with Crippen LogP contribution in [-0.2, 0) is 6.54 Å². The molecule has 0 saturated heterocycles. The van der Waals surface area contributed by atoms with Gasteiger partial charge in [-0.25, -0.2) is 0 Å². The van der Waals surface area contributed by atoms with Gasteiger partial charge in [-0.2, -0.15) is 5.26 Å². The quantitative estimate of drug-likeness (QED) is 0.884. The summed E-state index contributed by atoms with van der Waals surface area (Å²) in [7, 11) is 0. The van der Waals surface area contributed by atoms with Crippen LogP contribution in [0.2, 0.25) is 0 Å². The Hall–Kier alpha value is -2.38. The molecule has 4 heteroatoms. The van der Waals surface area contributed by atoms with Crippen molar-refractivity contribution >= 4 is 5.69 Å². The summed E-state index contributed by atoms with van der Waals surface area (Å²) in [6.07, 6.45) is 3.46. The summed E-state index contributed by atoms with van der Waals surface area (Å²) in [6.45, 7) is 3.04. The molecule has 2 aromatic rings. The van der Waals surface area contributed by atoms with Crippen LogP contribution >= 0.6 is 0 Å². The zero-order valence-electron chi connectivity index (χ0n) is 12.1. The minimum atomic E-state index is -0.542. The van der Waals surface area contributed by atoms with Crippen molar-refractivity contribution in [1.82, 2.24) is 4.98 Å². The van der Waals surface area contributed by atoms with Crippen LogP contribution in [0.4, 0.5) is 5.69 Å². The first-order valence-electron chi connectivity index (χ1n) is 7.00. The first-order chi connectivity index (χ1) is 10.2. The molecule has 0 fully saturated rings. The van der Waals surface area contributed by atoms with Crippen LogP contribution < -0.4 is 4.90 Å². The standard InChI is InChI=1S/C17H19N3O/c1-14(21)16-7-2-3-8-17(16)20(11-5-9-18)13-15-6-4-10-19-12-15/h2-4,6-8,10,12,14,21H,5,11,13H2,1H3/t14-/m1/s1. The highest BCUT2D eigenvalue weighted by Crippen LogP contribution is 2.27. The van der Waals surface area contributed by atoms with E-state index in [4.69, 9.17) is 5.26 Å². The van der Waals surface area contributed by atoms with Gasteiger partial charge in [-0.05, 0) is 24.6 Å². The van der Waals surface area contributed by atoms with E-state index < -0.39 is 6.10 Å². The lowest BCUT2D eigenvalue weighted by Crippen LogP contribution is -2.25. The first kappa shape index (κ1) is 15.0. The predicted octanol–water partition coefficient (Wildman–Crippen LogP) is 3.06. The van der Waals surface area contributed by atoms with E-state index in [1.807, 2.05) is 42.6 Å². The monoisotopic (exact) mass is 281 g/mol. The Morgan fingerprint density at radius 1 is 1.29 bits per heavy atom. The number of nitrogens with zero attached hydrogens (tertiary/aromatic N) is 3. The Balaban J connectivity index is 2.30. The summed E-state index contributed by atoms with van der Waals surface area (Å²) < 4.78 is 0. The van der Waals surface area contributed by atoms with E-state index in [9.17, 15) is 5.11 Å². The van der Waals surface area contributed by atoms with E-state index in [0.29, 0.717) is 19.5 Å². The van der Waals surface area contributed by atoms with Crippen LogP contribution in [0.25, 0.3) is 0 Å². The number of aromatic nitrogens is 1. The first-order valence-corrected chi connectivity index (χ1v) is 7.00. The maximum absolute atomic E-state index is 9.94. The Morgan fingerprint density at radius 3 is 2.76 bits per heavy atom. The third kappa shape index (κ3) is 4.04. The van der Waals surface area contributed by atoms with Crippen molar-refractivity contribution in [3.05, 3.63) is 59.9 Å². The highest BCUT2D eigenvalue weighted by molar-refractivity contribution is 5.55. The number of para-hydroxylation sites is 1. The molecule has 0 saturated carbocycles. The molecule has 0 spiro atoms. The SMILES string of the molecule is C[C@@H](O)c1ccccc1N(CCC#N)Cc1cccnc1. The minimum absolute atomic E-state index is 0.439. The Labute approximate surface area is 125 Å². The van der Waals surface area contributed by atoms with E-state index in [1.54, 1.807) is 13.1 Å². The van der Waals surface area contributed by atoms with Gasteiger partial charge in [-0.15, -0.1) is 0 Å². The normalized spacial score (nSPS) is 11.7. The third-order valence-corrected chi connectivity index (χ3v) is 3.32. The van der Waals surface area contributed by atoms with Crippen LogP contribution in [0.15, 0.2) is 48.8 Å². The number of nitriles is 1. The molecule has 0 aliphatic heterocycles. The lowest BCUT2D eigenvalue weighted by molar-refractivity contribution is 0.199. The van der Waals surface area contributed by atoms with Gasteiger partial charge in [-0.3, -0.25) is 4.98 Å². The predicted molar refractivity (Wildman–Crippen MR) is 82.6 cm³/mol. The molecule has 4 nitrogen and oxygen atoms in total. The highest BCUT2D eigenvalue weighted by Gasteiger charge is 2.14. The number of aliphatic hydroxyl groups is 1. The number of benzene rings is 1. The lowest BCUT2D eigenvalue weighted by atomic mass is 10.1. The van der Waals surface area contributed by atoms with Gasteiger partial charge in [0.1, 0.15) is 0 Å². The van der Waals surface area contributed by atoms with Crippen molar-refractivity contribution in [2.75, 3.05) is 11.4 Å². The molecule has 21 heavy (non-hydrogen) atoms. The molecule has 1 atom stereocenters. The van der Waals surface area contributed by atoms with Crippen LogP contribution in [-0.4, -0.2) is 16.6 Å². The largest absolute Gasteiger partial charge is 0.389 e. The second-order valence-corrected chi connectivity index (χ2v) is 4.93. The van der Waals surface area contributed by atoms with E-state index in [-0.39, 0.29) is 0 Å². The van der Waals surface area contributed by atoms with Crippen LogP contribution in [0.1, 0.15) is 30.6 Å². The molecule has 108 valence electrons. The zero-order valence-corrected chi connectivity index (χ0v) is 12.1. The van der Waals surface area contributed by atoms with Gasteiger partial charge in [0.15, 0.2) is 0 Å². The summed E-state index contributed by atoms with van der Waals surface area (Å²) in [5.41, 5.74) is 2.92. The molecular formula is C17H19N3O. The van der Waals surface area contributed by atoms with Gasteiger partial charge in [0.2, 0.25) is 0 Å². The summed E-state index contributed by atoms with van der Waals surface area (Å²) in [4.78, 5) is 6.24. The second kappa shape index (κ2) is 7.41. The number of hydrogen-bond acceptors (Lipinski definition) is 4. The van der Waals surface area contributed by atoms with E-state index in [1.165, 1.54) is 0 Å². The summed E-state index contributed by atoms with van der Waals surface area (Å²) in [5, 5.41) is 18.8. The van der Waals surface area contributed by atoms with Crippen molar-refractivity contribution in [2.45, 2.75) is 26.0 Å². The molecule has 1 heterocycles. The number of hydrogen-bond donors (Lipinski definition) is 1. The Bertz CT molecular complexity index is 605. The van der Waals surface area contributed by atoms with Gasteiger partial charge in [0.05, 0.1) is 18.6 Å². The number of rotatable bonds is 6. The number of pyridine rings is 1. The van der Waals surface area contributed by atoms with Gasteiger partial charge in [0, 0.05) is 36.7 Å². The molecule has 1 aromatic heterocycles. The fourth-order valence-corrected chi connectivity index (χ4v) is 2.31. The van der Waals surface area contributed by atoms with E-state index in [2.05, 4.69) is 16.0 Å². The molecule has 0 aliphatic carbocycles. The second-order valence-electron chi connectivity index (χ2n) is 4.93. The molecule has 0 aliphatic rings. The summed E-state index contributed by atoms with van der Waals surface area (Å²) >= 11 is 0. The maximum atomic E-state index is 9.94. The molecule has 2 rings (SSSR count). The molecule has 0 amide bonds. The van der Waals surface area contributed by atoms with Crippen molar-refractivity contribution in [3.63, 3.8) is 0 Å². The van der Waals surface area contributed by atoms with Gasteiger partial charge < -0.3 is 10.0 Å². The molecule has 1 aromatic carbocycles. The Morgan fingerprint density at radius 2 is 2.10 bits per heavy atom. The number of anilines is 1. The van der Waals surface area contributed by atoms with Gasteiger partial charge in [0.25, 0.3) is 0 Å².